The summed E-state index contributed by atoms with van der Waals surface area (Å²) in [5, 5.41) is 14.9. The highest BCUT2D eigenvalue weighted by Gasteiger charge is 2.13. The number of benzene rings is 2. The summed E-state index contributed by atoms with van der Waals surface area (Å²) in [5.74, 6) is 1.03. The summed E-state index contributed by atoms with van der Waals surface area (Å²) in [6.07, 6.45) is 1.56. The van der Waals surface area contributed by atoms with Gasteiger partial charge >= 0.3 is 0 Å². The van der Waals surface area contributed by atoms with E-state index in [1.807, 2.05) is 24.3 Å². The molecule has 0 spiro atoms. The van der Waals surface area contributed by atoms with Gasteiger partial charge in [-0.3, -0.25) is 9.78 Å². The number of anilines is 3. The Labute approximate surface area is 161 Å². The summed E-state index contributed by atoms with van der Waals surface area (Å²) in [5.41, 5.74) is 2.78. The molecule has 0 atom stereocenters. The van der Waals surface area contributed by atoms with E-state index in [2.05, 4.69) is 15.6 Å². The molecule has 3 aromatic rings. The molecule has 7 nitrogen and oxygen atoms in total. The summed E-state index contributed by atoms with van der Waals surface area (Å²) in [4.78, 5) is 16.6. The maximum absolute atomic E-state index is 12.5. The number of nitrogens with one attached hydrogen (secondary N) is 2. The van der Waals surface area contributed by atoms with Crippen LogP contribution in [0.1, 0.15) is 16.1 Å². The number of pyridine rings is 1. The van der Waals surface area contributed by atoms with E-state index in [9.17, 15) is 4.79 Å². The lowest BCUT2D eigenvalue weighted by atomic mass is 10.2. The van der Waals surface area contributed by atoms with Gasteiger partial charge in [0.05, 0.1) is 11.6 Å². The average molecular weight is 372 g/mol. The Kier molecular flexibility index (Phi) is 4.76. The molecule has 1 amide bonds. The van der Waals surface area contributed by atoms with Crippen LogP contribution in [0.2, 0.25) is 0 Å². The number of nitrogens with zero attached hydrogens (tertiary/aromatic N) is 2. The lowest BCUT2D eigenvalue weighted by Crippen LogP contribution is -2.15. The first kappa shape index (κ1) is 17.4. The van der Waals surface area contributed by atoms with E-state index in [1.165, 1.54) is 0 Å². The van der Waals surface area contributed by atoms with Crippen LogP contribution in [0.15, 0.2) is 60.8 Å². The summed E-state index contributed by atoms with van der Waals surface area (Å²) in [6, 6.07) is 17.7. The van der Waals surface area contributed by atoms with Crippen LogP contribution in [0.3, 0.4) is 0 Å². The fraction of sp³-hybridized carbons (Fsp3) is 0.0952. The largest absolute Gasteiger partial charge is 0.486 e. The van der Waals surface area contributed by atoms with Crippen LogP contribution in [-0.4, -0.2) is 24.1 Å². The second-order valence-corrected chi connectivity index (χ2v) is 6.06. The maximum atomic E-state index is 12.5. The van der Waals surface area contributed by atoms with Crippen molar-refractivity contribution in [1.29, 1.82) is 5.26 Å². The molecule has 4 rings (SSSR count). The van der Waals surface area contributed by atoms with Crippen LogP contribution in [0.4, 0.5) is 17.1 Å². The van der Waals surface area contributed by atoms with Crippen molar-refractivity contribution in [3.05, 3.63) is 72.1 Å². The fourth-order valence-corrected chi connectivity index (χ4v) is 2.78. The molecule has 2 N–H and O–H groups in total. The maximum Gasteiger partial charge on any atom is 0.274 e. The van der Waals surface area contributed by atoms with E-state index >= 15 is 0 Å². The van der Waals surface area contributed by atoms with Gasteiger partial charge in [0.25, 0.3) is 5.91 Å². The Morgan fingerprint density at radius 1 is 0.964 bits per heavy atom. The number of rotatable bonds is 4. The predicted molar refractivity (Wildman–Crippen MR) is 104 cm³/mol. The topological polar surface area (TPSA) is 96.3 Å². The Bertz CT molecular complexity index is 1080. The highest BCUT2D eigenvalue weighted by atomic mass is 16.6. The number of hydrogen-bond acceptors (Lipinski definition) is 6. The average Bonchev–Trinajstić information content (AvgIpc) is 2.74. The number of fused-ring (bicyclic) bond motifs is 1. The first-order chi connectivity index (χ1) is 13.7. The molecule has 1 aliphatic rings. The minimum Gasteiger partial charge on any atom is -0.486 e. The highest BCUT2D eigenvalue weighted by molar-refractivity contribution is 6.03. The quantitative estimate of drug-likeness (QED) is 0.725. The van der Waals surface area contributed by atoms with Gasteiger partial charge in [-0.15, -0.1) is 0 Å². The molecule has 138 valence electrons. The van der Waals surface area contributed by atoms with E-state index in [0.29, 0.717) is 41.7 Å². The van der Waals surface area contributed by atoms with Gasteiger partial charge in [-0.25, -0.2) is 0 Å². The standard InChI is InChI=1S/C21H16N4O3/c22-13-14-2-1-3-15(10-14)25-21(26)18-11-17(6-7-23-18)24-16-4-5-19-20(12-16)28-9-8-27-19/h1-7,10-12H,8-9H2,(H,23,24)(H,25,26). The SMILES string of the molecule is N#Cc1cccc(NC(=O)c2cc(Nc3ccc4c(c3)OCCO4)ccn2)c1. The molecule has 28 heavy (non-hydrogen) atoms. The minimum absolute atomic E-state index is 0.255. The summed E-state index contributed by atoms with van der Waals surface area (Å²) < 4.78 is 11.1. The summed E-state index contributed by atoms with van der Waals surface area (Å²) in [7, 11) is 0. The molecule has 0 aliphatic carbocycles. The van der Waals surface area contributed by atoms with Crippen molar-refractivity contribution in [3.63, 3.8) is 0 Å². The number of amides is 1. The summed E-state index contributed by atoms with van der Waals surface area (Å²) in [6.45, 7) is 1.06. The van der Waals surface area contributed by atoms with Gasteiger partial charge in [0.15, 0.2) is 11.5 Å². The Morgan fingerprint density at radius 3 is 2.64 bits per heavy atom. The molecule has 1 aromatic heterocycles. The van der Waals surface area contributed by atoms with Crippen molar-refractivity contribution in [2.24, 2.45) is 0 Å². The molecule has 0 fully saturated rings. The van der Waals surface area contributed by atoms with Crippen LogP contribution in [0.25, 0.3) is 0 Å². The number of aromatic nitrogens is 1. The van der Waals surface area contributed by atoms with Gasteiger partial charge in [-0.1, -0.05) is 6.07 Å². The van der Waals surface area contributed by atoms with E-state index in [0.717, 1.165) is 5.69 Å². The van der Waals surface area contributed by atoms with Crippen LogP contribution in [0, 0.1) is 11.3 Å². The molecule has 2 aromatic carbocycles. The van der Waals surface area contributed by atoms with Crippen molar-refractivity contribution in [2.45, 2.75) is 0 Å². The number of carbonyl (C=O) groups is 1. The van der Waals surface area contributed by atoms with Gasteiger partial charge in [0.2, 0.25) is 0 Å². The zero-order chi connectivity index (χ0) is 19.3. The number of ether oxygens (including phenoxy) is 2. The Balaban J connectivity index is 1.49. The lowest BCUT2D eigenvalue weighted by Gasteiger charge is -2.19. The van der Waals surface area contributed by atoms with Gasteiger partial charge < -0.3 is 20.1 Å². The normalized spacial score (nSPS) is 12.0. The zero-order valence-electron chi connectivity index (χ0n) is 14.8. The molecule has 0 bridgehead atoms. The molecular formula is C21H16N4O3. The molecule has 0 saturated heterocycles. The first-order valence-corrected chi connectivity index (χ1v) is 8.65. The number of hydrogen-bond donors (Lipinski definition) is 2. The van der Waals surface area contributed by atoms with E-state index in [-0.39, 0.29) is 11.6 Å². The van der Waals surface area contributed by atoms with Crippen LogP contribution in [-0.2, 0) is 0 Å². The van der Waals surface area contributed by atoms with Crippen molar-refractivity contribution in [2.75, 3.05) is 23.8 Å². The number of carbonyl (C=O) groups excluding carboxylic acids is 1. The van der Waals surface area contributed by atoms with Crippen LogP contribution < -0.4 is 20.1 Å². The van der Waals surface area contributed by atoms with Gasteiger partial charge in [0, 0.05) is 29.3 Å². The van der Waals surface area contributed by atoms with E-state index < -0.39 is 0 Å². The molecule has 0 unspecified atom stereocenters. The second-order valence-electron chi connectivity index (χ2n) is 6.06. The minimum atomic E-state index is -0.360. The summed E-state index contributed by atoms with van der Waals surface area (Å²) >= 11 is 0. The van der Waals surface area contributed by atoms with Gasteiger partial charge in [-0.05, 0) is 42.5 Å². The number of nitriles is 1. The molecule has 7 heteroatoms. The lowest BCUT2D eigenvalue weighted by molar-refractivity contribution is 0.102. The monoisotopic (exact) mass is 372 g/mol. The predicted octanol–water partition coefficient (Wildman–Crippen LogP) is 3.72. The Hall–Kier alpha value is -4.05. The third-order valence-corrected chi connectivity index (χ3v) is 4.07. The molecule has 2 heterocycles. The van der Waals surface area contributed by atoms with Crippen molar-refractivity contribution < 1.29 is 14.3 Å². The van der Waals surface area contributed by atoms with Crippen molar-refractivity contribution in [1.82, 2.24) is 4.98 Å². The van der Waals surface area contributed by atoms with E-state index in [1.54, 1.807) is 42.6 Å². The first-order valence-electron chi connectivity index (χ1n) is 8.65. The molecular weight excluding hydrogens is 356 g/mol. The fourth-order valence-electron chi connectivity index (χ4n) is 2.78. The molecule has 1 aliphatic heterocycles. The van der Waals surface area contributed by atoms with E-state index in [4.69, 9.17) is 14.7 Å². The molecule has 0 saturated carbocycles. The third-order valence-electron chi connectivity index (χ3n) is 4.07. The highest BCUT2D eigenvalue weighted by Crippen LogP contribution is 2.33. The second kappa shape index (κ2) is 7.68. The Morgan fingerprint density at radius 2 is 1.79 bits per heavy atom. The van der Waals surface area contributed by atoms with Crippen LogP contribution >= 0.6 is 0 Å². The third kappa shape index (κ3) is 3.86. The van der Waals surface area contributed by atoms with Gasteiger partial charge in [0.1, 0.15) is 18.9 Å². The molecule has 0 radical (unpaired) electrons. The smallest absolute Gasteiger partial charge is 0.274 e. The van der Waals surface area contributed by atoms with Crippen molar-refractivity contribution in [3.8, 4) is 17.6 Å². The van der Waals surface area contributed by atoms with Crippen LogP contribution in [0.5, 0.6) is 11.5 Å². The van der Waals surface area contributed by atoms with Crippen molar-refractivity contribution >= 4 is 23.0 Å². The zero-order valence-corrected chi connectivity index (χ0v) is 14.8. The van der Waals surface area contributed by atoms with Gasteiger partial charge in [-0.2, -0.15) is 5.26 Å².